The largest absolute Gasteiger partial charge is 0.274 e. The predicted octanol–water partition coefficient (Wildman–Crippen LogP) is 3.41. The molecule has 0 aromatic heterocycles. The molecular weight excluding hydrogens is 342 g/mol. The monoisotopic (exact) mass is 351 g/mol. The summed E-state index contributed by atoms with van der Waals surface area (Å²) in [5.74, 6) is -0.0692. The number of benzene rings is 1. The van der Waals surface area contributed by atoms with Gasteiger partial charge in [0.05, 0.1) is 27.0 Å². The normalized spacial score (nSPS) is 34.2. The van der Waals surface area contributed by atoms with Crippen LogP contribution in [0.2, 0.25) is 5.02 Å². The Morgan fingerprint density at radius 2 is 1.70 bits per heavy atom. The highest BCUT2D eigenvalue weighted by Gasteiger charge is 2.59. The van der Waals surface area contributed by atoms with E-state index in [4.69, 9.17) is 11.6 Å². The van der Waals surface area contributed by atoms with E-state index in [-0.39, 0.29) is 35.5 Å². The molecule has 3 aliphatic rings. The summed E-state index contributed by atoms with van der Waals surface area (Å²) in [5.41, 5.74) is 0.557. The molecule has 4 atom stereocenters. The number of halogens is 2. The number of allylic oxidation sites excluding steroid dienone is 2. The Morgan fingerprint density at radius 1 is 1.10 bits per heavy atom. The molecule has 0 N–H and O–H groups in total. The van der Waals surface area contributed by atoms with Gasteiger partial charge >= 0.3 is 0 Å². The van der Waals surface area contributed by atoms with Crippen LogP contribution in [0.25, 0.3) is 0 Å². The van der Waals surface area contributed by atoms with Gasteiger partial charge in [-0.3, -0.25) is 9.59 Å². The van der Waals surface area contributed by atoms with Gasteiger partial charge < -0.3 is 0 Å². The Kier molecular flexibility index (Phi) is 2.63. The summed E-state index contributed by atoms with van der Waals surface area (Å²) in [4.78, 5) is 26.6. The highest BCUT2D eigenvalue weighted by Crippen LogP contribution is 2.53. The fourth-order valence-corrected chi connectivity index (χ4v) is 4.42. The lowest BCUT2D eigenvalue weighted by atomic mass is 9.85. The molecule has 1 aromatic carbocycles. The first-order valence-corrected chi connectivity index (χ1v) is 7.77. The van der Waals surface area contributed by atoms with E-state index >= 15 is 0 Å². The van der Waals surface area contributed by atoms with Gasteiger partial charge in [0.15, 0.2) is 0 Å². The molecule has 4 unspecified atom stereocenters. The summed E-state index contributed by atoms with van der Waals surface area (Å²) in [6, 6.07) is 5.23. The Labute approximate surface area is 129 Å². The van der Waals surface area contributed by atoms with E-state index in [9.17, 15) is 9.59 Å². The van der Waals surface area contributed by atoms with Gasteiger partial charge in [-0.05, 0) is 46.3 Å². The van der Waals surface area contributed by atoms with Crippen LogP contribution in [0.1, 0.15) is 6.42 Å². The lowest BCUT2D eigenvalue weighted by Crippen LogP contribution is -2.33. The Bertz CT molecular complexity index is 642. The van der Waals surface area contributed by atoms with Crippen molar-refractivity contribution in [2.75, 3.05) is 4.90 Å². The average molecular weight is 353 g/mol. The maximum Gasteiger partial charge on any atom is 0.238 e. The first-order chi connectivity index (χ1) is 9.59. The number of amides is 2. The third-order valence-electron chi connectivity index (χ3n) is 4.64. The number of anilines is 1. The van der Waals surface area contributed by atoms with Crippen LogP contribution in [0, 0.1) is 23.7 Å². The minimum atomic E-state index is -0.177. The molecule has 3 nitrogen and oxygen atoms in total. The van der Waals surface area contributed by atoms with Crippen molar-refractivity contribution < 1.29 is 9.59 Å². The molecule has 2 aliphatic carbocycles. The Morgan fingerprint density at radius 3 is 2.30 bits per heavy atom. The maximum atomic E-state index is 12.7. The summed E-state index contributed by atoms with van der Waals surface area (Å²) in [7, 11) is 0. The van der Waals surface area contributed by atoms with Crippen molar-refractivity contribution >= 4 is 45.0 Å². The smallest absolute Gasteiger partial charge is 0.238 e. The van der Waals surface area contributed by atoms with Gasteiger partial charge in [0.1, 0.15) is 0 Å². The highest BCUT2D eigenvalue weighted by atomic mass is 79.9. The standard InChI is InChI=1S/C15H11BrClNO2/c16-13-9(17)2-1-3-10(13)18-14(19)11-7-4-5-8(6-7)12(11)15(18)20/h1-5,7-8,11-12H,6H2. The molecule has 0 spiro atoms. The van der Waals surface area contributed by atoms with E-state index in [0.717, 1.165) is 6.42 Å². The Hall–Kier alpha value is -1.13. The van der Waals surface area contributed by atoms with E-state index < -0.39 is 0 Å². The van der Waals surface area contributed by atoms with Crippen molar-refractivity contribution in [3.8, 4) is 0 Å². The molecule has 2 fully saturated rings. The van der Waals surface area contributed by atoms with Crippen LogP contribution in [-0.2, 0) is 9.59 Å². The van der Waals surface area contributed by atoms with Crippen LogP contribution in [0.15, 0.2) is 34.8 Å². The van der Waals surface area contributed by atoms with Crippen molar-refractivity contribution in [2.45, 2.75) is 6.42 Å². The van der Waals surface area contributed by atoms with Gasteiger partial charge in [0.2, 0.25) is 11.8 Å². The van der Waals surface area contributed by atoms with Crippen LogP contribution in [0.3, 0.4) is 0 Å². The van der Waals surface area contributed by atoms with E-state index in [1.165, 1.54) is 4.90 Å². The van der Waals surface area contributed by atoms with Crippen molar-refractivity contribution in [3.63, 3.8) is 0 Å². The summed E-state index contributed by atoms with van der Waals surface area (Å²) in [6.07, 6.45) is 5.12. The molecule has 0 radical (unpaired) electrons. The number of carbonyl (C=O) groups is 2. The van der Waals surface area contributed by atoms with Crippen LogP contribution in [0.4, 0.5) is 5.69 Å². The Balaban J connectivity index is 1.80. The third-order valence-corrected chi connectivity index (χ3v) is 6.02. The fourth-order valence-electron chi connectivity index (χ4n) is 3.80. The molecule has 2 bridgehead atoms. The van der Waals surface area contributed by atoms with Crippen LogP contribution in [-0.4, -0.2) is 11.8 Å². The molecule has 2 amide bonds. The molecule has 1 saturated carbocycles. The van der Waals surface area contributed by atoms with Gasteiger partial charge in [-0.15, -0.1) is 0 Å². The molecule has 1 heterocycles. The van der Waals surface area contributed by atoms with Gasteiger partial charge in [-0.2, -0.15) is 0 Å². The van der Waals surface area contributed by atoms with Crippen LogP contribution in [0.5, 0.6) is 0 Å². The van der Waals surface area contributed by atoms with E-state index in [1.807, 2.05) is 0 Å². The number of imide groups is 1. The zero-order chi connectivity index (χ0) is 14.0. The number of hydrogen-bond acceptors (Lipinski definition) is 2. The first-order valence-electron chi connectivity index (χ1n) is 6.59. The van der Waals surface area contributed by atoms with Crippen LogP contribution >= 0.6 is 27.5 Å². The van der Waals surface area contributed by atoms with Crippen molar-refractivity contribution in [1.82, 2.24) is 0 Å². The third kappa shape index (κ3) is 1.46. The molecule has 1 aliphatic heterocycles. The maximum absolute atomic E-state index is 12.7. The van der Waals surface area contributed by atoms with E-state index in [0.29, 0.717) is 15.2 Å². The van der Waals surface area contributed by atoms with Gasteiger partial charge in [-0.1, -0.05) is 29.8 Å². The van der Waals surface area contributed by atoms with Gasteiger partial charge in [0, 0.05) is 0 Å². The number of carbonyl (C=O) groups excluding carboxylic acids is 2. The lowest BCUT2D eigenvalue weighted by Gasteiger charge is -2.19. The minimum absolute atomic E-state index is 0.0835. The summed E-state index contributed by atoms with van der Waals surface area (Å²) >= 11 is 9.45. The zero-order valence-electron chi connectivity index (χ0n) is 10.4. The lowest BCUT2D eigenvalue weighted by molar-refractivity contribution is -0.123. The predicted molar refractivity (Wildman–Crippen MR) is 79.4 cm³/mol. The molecule has 102 valence electrons. The topological polar surface area (TPSA) is 37.4 Å². The summed E-state index contributed by atoms with van der Waals surface area (Å²) in [6.45, 7) is 0. The molecule has 1 saturated heterocycles. The number of hydrogen-bond donors (Lipinski definition) is 0. The molecule has 5 heteroatoms. The van der Waals surface area contributed by atoms with Gasteiger partial charge in [-0.25, -0.2) is 4.90 Å². The summed E-state index contributed by atoms with van der Waals surface area (Å²) < 4.78 is 0.601. The average Bonchev–Trinajstić information content (AvgIpc) is 3.09. The summed E-state index contributed by atoms with van der Waals surface area (Å²) in [5, 5.41) is 0.501. The van der Waals surface area contributed by atoms with Crippen molar-refractivity contribution in [3.05, 3.63) is 39.8 Å². The van der Waals surface area contributed by atoms with Gasteiger partial charge in [0.25, 0.3) is 0 Å². The molecule has 20 heavy (non-hydrogen) atoms. The second-order valence-electron chi connectivity index (χ2n) is 5.58. The number of nitrogens with zero attached hydrogens (tertiary/aromatic N) is 1. The molecular formula is C15H11BrClNO2. The van der Waals surface area contributed by atoms with E-state index in [2.05, 4.69) is 28.1 Å². The zero-order valence-corrected chi connectivity index (χ0v) is 12.8. The number of rotatable bonds is 1. The second-order valence-corrected chi connectivity index (χ2v) is 6.78. The number of fused-ring (bicyclic) bond motifs is 5. The van der Waals surface area contributed by atoms with Crippen LogP contribution < -0.4 is 4.90 Å². The molecule has 4 rings (SSSR count). The molecule has 1 aromatic rings. The van der Waals surface area contributed by atoms with Crippen molar-refractivity contribution in [1.29, 1.82) is 0 Å². The minimum Gasteiger partial charge on any atom is -0.274 e. The quantitative estimate of drug-likeness (QED) is 0.574. The first kappa shape index (κ1) is 12.6. The van der Waals surface area contributed by atoms with E-state index in [1.54, 1.807) is 18.2 Å². The second kappa shape index (κ2) is 4.18. The fraction of sp³-hybridized carbons (Fsp3) is 0.333. The highest BCUT2D eigenvalue weighted by molar-refractivity contribution is 9.10. The van der Waals surface area contributed by atoms with Crippen molar-refractivity contribution in [2.24, 2.45) is 23.7 Å². The SMILES string of the molecule is O=C1C2C3C=CC(C3)C2C(=O)N1c1cccc(Cl)c1Br.